The summed E-state index contributed by atoms with van der Waals surface area (Å²) in [6.45, 7) is 5.47. The Labute approximate surface area is 131 Å². The van der Waals surface area contributed by atoms with E-state index in [4.69, 9.17) is 9.26 Å². The van der Waals surface area contributed by atoms with E-state index in [-0.39, 0.29) is 0 Å². The summed E-state index contributed by atoms with van der Waals surface area (Å²) < 4.78 is 12.6. The number of piperidine rings is 1. The lowest BCUT2D eigenvalue weighted by atomic mass is 9.99. The van der Waals surface area contributed by atoms with Gasteiger partial charge in [-0.15, -0.1) is 0 Å². The number of nitrogens with zero attached hydrogens (tertiary/aromatic N) is 4. The van der Waals surface area contributed by atoms with Crippen LogP contribution in [-0.2, 0) is 17.8 Å². The predicted octanol–water partition coefficient (Wildman–Crippen LogP) is 2.55. The summed E-state index contributed by atoms with van der Waals surface area (Å²) >= 11 is 0. The van der Waals surface area contributed by atoms with Gasteiger partial charge in [-0.05, 0) is 26.3 Å². The zero-order valence-corrected chi connectivity index (χ0v) is 13.4. The Morgan fingerprint density at radius 1 is 1.41 bits per heavy atom. The van der Waals surface area contributed by atoms with E-state index in [1.165, 1.54) is 18.5 Å². The number of hydrogen-bond acceptors (Lipinski definition) is 5. The molecule has 1 atom stereocenters. The third-order valence-corrected chi connectivity index (χ3v) is 4.30. The van der Waals surface area contributed by atoms with Crippen LogP contribution in [0.2, 0.25) is 0 Å². The minimum absolute atomic E-state index is 0.344. The van der Waals surface area contributed by atoms with Crippen LogP contribution in [0, 0.1) is 6.92 Å². The second kappa shape index (κ2) is 7.07. The van der Waals surface area contributed by atoms with Crippen molar-refractivity contribution in [2.75, 3.05) is 20.3 Å². The van der Waals surface area contributed by atoms with Gasteiger partial charge in [-0.1, -0.05) is 11.6 Å². The summed E-state index contributed by atoms with van der Waals surface area (Å²) in [6, 6.07) is 2.41. The van der Waals surface area contributed by atoms with Gasteiger partial charge in [0, 0.05) is 32.5 Å². The van der Waals surface area contributed by atoms with Crippen molar-refractivity contribution in [2.24, 2.45) is 0 Å². The molecule has 2 aromatic heterocycles. The van der Waals surface area contributed by atoms with Crippen LogP contribution in [0.25, 0.3) is 0 Å². The standard InChI is InChI=1S/C16H24N4O2/c1-13-9-15(18-22-13)16-5-3-4-6-19(16)11-14-10-17-12-20(14)7-8-21-2/h9-10,12,16H,3-8,11H2,1-2H3/t16-/m0/s1. The molecule has 22 heavy (non-hydrogen) atoms. The van der Waals surface area contributed by atoms with Gasteiger partial charge in [0.2, 0.25) is 0 Å². The molecule has 3 heterocycles. The smallest absolute Gasteiger partial charge is 0.133 e. The molecule has 0 aliphatic carbocycles. The van der Waals surface area contributed by atoms with Crippen molar-refractivity contribution in [1.82, 2.24) is 19.6 Å². The van der Waals surface area contributed by atoms with Crippen LogP contribution >= 0.6 is 0 Å². The Morgan fingerprint density at radius 3 is 3.09 bits per heavy atom. The fourth-order valence-corrected chi connectivity index (χ4v) is 3.14. The molecule has 0 unspecified atom stereocenters. The van der Waals surface area contributed by atoms with E-state index >= 15 is 0 Å². The molecule has 0 bridgehead atoms. The molecule has 6 nitrogen and oxygen atoms in total. The van der Waals surface area contributed by atoms with Crippen LogP contribution in [0.4, 0.5) is 0 Å². The highest BCUT2D eigenvalue weighted by atomic mass is 16.5. The molecule has 0 saturated carbocycles. The second-order valence-electron chi connectivity index (χ2n) is 5.92. The highest BCUT2D eigenvalue weighted by molar-refractivity contribution is 5.11. The average Bonchev–Trinajstić information content (AvgIpc) is 3.15. The van der Waals surface area contributed by atoms with E-state index in [9.17, 15) is 0 Å². The summed E-state index contributed by atoms with van der Waals surface area (Å²) in [5.41, 5.74) is 2.28. The van der Waals surface area contributed by atoms with Crippen molar-refractivity contribution in [2.45, 2.75) is 45.3 Å². The van der Waals surface area contributed by atoms with Gasteiger partial charge in [0.05, 0.1) is 24.7 Å². The first-order valence-corrected chi connectivity index (χ1v) is 7.93. The SMILES string of the molecule is COCCn1cncc1CN1CCCC[C@H]1c1cc(C)on1. The molecule has 1 saturated heterocycles. The lowest BCUT2D eigenvalue weighted by Crippen LogP contribution is -2.33. The molecule has 0 amide bonds. The van der Waals surface area contributed by atoms with Gasteiger partial charge in [-0.2, -0.15) is 0 Å². The highest BCUT2D eigenvalue weighted by Gasteiger charge is 2.27. The van der Waals surface area contributed by atoms with E-state index in [1.54, 1.807) is 7.11 Å². The molecule has 6 heteroatoms. The highest BCUT2D eigenvalue weighted by Crippen LogP contribution is 2.31. The second-order valence-corrected chi connectivity index (χ2v) is 5.92. The lowest BCUT2D eigenvalue weighted by Gasteiger charge is -2.34. The van der Waals surface area contributed by atoms with Crippen LogP contribution in [0.15, 0.2) is 23.1 Å². The first-order chi connectivity index (χ1) is 10.8. The van der Waals surface area contributed by atoms with E-state index in [2.05, 4.69) is 25.7 Å². The van der Waals surface area contributed by atoms with Crippen molar-refractivity contribution in [3.8, 4) is 0 Å². The van der Waals surface area contributed by atoms with E-state index in [0.717, 1.165) is 37.5 Å². The van der Waals surface area contributed by atoms with Gasteiger partial charge in [0.15, 0.2) is 0 Å². The maximum Gasteiger partial charge on any atom is 0.133 e. The first-order valence-electron chi connectivity index (χ1n) is 7.93. The Morgan fingerprint density at radius 2 is 2.32 bits per heavy atom. The zero-order valence-electron chi connectivity index (χ0n) is 13.4. The molecule has 1 fully saturated rings. The molecule has 0 radical (unpaired) electrons. The Hall–Kier alpha value is -1.66. The van der Waals surface area contributed by atoms with Crippen molar-refractivity contribution in [1.29, 1.82) is 0 Å². The van der Waals surface area contributed by atoms with Crippen LogP contribution in [0.1, 0.15) is 42.5 Å². The molecular formula is C16H24N4O2. The number of hydrogen-bond donors (Lipinski definition) is 0. The monoisotopic (exact) mass is 304 g/mol. The Kier molecular flexibility index (Phi) is 4.90. The van der Waals surface area contributed by atoms with Gasteiger partial charge in [0.1, 0.15) is 11.5 Å². The number of likely N-dealkylation sites (tertiary alicyclic amines) is 1. The minimum atomic E-state index is 0.344. The van der Waals surface area contributed by atoms with Gasteiger partial charge in [-0.25, -0.2) is 4.98 Å². The molecule has 3 rings (SSSR count). The molecule has 0 spiro atoms. The Balaban J connectivity index is 1.73. The number of ether oxygens (including phenoxy) is 1. The van der Waals surface area contributed by atoms with Crippen LogP contribution < -0.4 is 0 Å². The molecule has 2 aromatic rings. The zero-order chi connectivity index (χ0) is 15.4. The van der Waals surface area contributed by atoms with Crippen molar-refractivity contribution < 1.29 is 9.26 Å². The Bertz CT molecular complexity index is 592. The van der Waals surface area contributed by atoms with Gasteiger partial charge >= 0.3 is 0 Å². The minimum Gasteiger partial charge on any atom is -0.383 e. The van der Waals surface area contributed by atoms with E-state index < -0.39 is 0 Å². The van der Waals surface area contributed by atoms with Crippen molar-refractivity contribution >= 4 is 0 Å². The summed E-state index contributed by atoms with van der Waals surface area (Å²) in [6.07, 6.45) is 7.46. The third kappa shape index (κ3) is 3.39. The molecule has 1 aliphatic heterocycles. The fraction of sp³-hybridized carbons (Fsp3) is 0.625. The number of methoxy groups -OCH3 is 1. The van der Waals surface area contributed by atoms with Crippen LogP contribution in [0.5, 0.6) is 0 Å². The molecule has 0 aromatic carbocycles. The van der Waals surface area contributed by atoms with Gasteiger partial charge in [-0.3, -0.25) is 4.90 Å². The van der Waals surface area contributed by atoms with Gasteiger partial charge < -0.3 is 13.8 Å². The predicted molar refractivity (Wildman–Crippen MR) is 82.3 cm³/mol. The number of aromatic nitrogens is 3. The van der Waals surface area contributed by atoms with E-state index in [1.807, 2.05) is 19.4 Å². The van der Waals surface area contributed by atoms with Crippen LogP contribution in [0.3, 0.4) is 0 Å². The summed E-state index contributed by atoms with van der Waals surface area (Å²) in [5.74, 6) is 0.880. The number of imidazole rings is 1. The van der Waals surface area contributed by atoms with Crippen molar-refractivity contribution in [3.05, 3.63) is 35.7 Å². The quantitative estimate of drug-likeness (QED) is 0.821. The topological polar surface area (TPSA) is 56.3 Å². The number of aryl methyl sites for hydroxylation is 1. The fourth-order valence-electron chi connectivity index (χ4n) is 3.14. The average molecular weight is 304 g/mol. The maximum atomic E-state index is 5.27. The lowest BCUT2D eigenvalue weighted by molar-refractivity contribution is 0.129. The number of rotatable bonds is 6. The largest absolute Gasteiger partial charge is 0.383 e. The molecular weight excluding hydrogens is 280 g/mol. The maximum absolute atomic E-state index is 5.27. The molecule has 120 valence electrons. The van der Waals surface area contributed by atoms with Crippen LogP contribution in [-0.4, -0.2) is 39.9 Å². The summed E-state index contributed by atoms with van der Waals surface area (Å²) in [5, 5.41) is 4.23. The van der Waals surface area contributed by atoms with Gasteiger partial charge in [0.25, 0.3) is 0 Å². The molecule has 0 N–H and O–H groups in total. The van der Waals surface area contributed by atoms with Crippen molar-refractivity contribution in [3.63, 3.8) is 0 Å². The first kappa shape index (κ1) is 15.2. The van der Waals surface area contributed by atoms with E-state index in [0.29, 0.717) is 12.6 Å². The summed E-state index contributed by atoms with van der Waals surface area (Å²) in [4.78, 5) is 6.78. The molecule has 1 aliphatic rings. The third-order valence-electron chi connectivity index (χ3n) is 4.30. The normalized spacial score (nSPS) is 19.6. The summed E-state index contributed by atoms with van der Waals surface area (Å²) in [7, 11) is 1.73.